The summed E-state index contributed by atoms with van der Waals surface area (Å²) in [6, 6.07) is 0.635. The predicted octanol–water partition coefficient (Wildman–Crippen LogP) is 1.10. The first-order valence-corrected chi connectivity index (χ1v) is 5.53. The molecular weight excluding hydrogens is 176 g/mol. The van der Waals surface area contributed by atoms with Gasteiger partial charge in [-0.25, -0.2) is 0 Å². The number of nitrogens with zero attached hydrogens (tertiary/aromatic N) is 1. The Morgan fingerprint density at radius 3 is 2.79 bits per heavy atom. The van der Waals surface area contributed by atoms with Gasteiger partial charge in [-0.15, -0.1) is 0 Å². The van der Waals surface area contributed by atoms with Crippen LogP contribution in [0.3, 0.4) is 0 Å². The zero-order chi connectivity index (χ0) is 10.6. The number of rotatable bonds is 4. The minimum atomic E-state index is 0.263. The van der Waals surface area contributed by atoms with Gasteiger partial charge in [0.25, 0.3) is 0 Å². The molecule has 3 heteroatoms. The number of methoxy groups -OCH3 is 1. The maximum absolute atomic E-state index is 5.11. The summed E-state index contributed by atoms with van der Waals surface area (Å²) < 4.78 is 5.11. The number of ether oxygens (including phenoxy) is 1. The zero-order valence-corrected chi connectivity index (χ0v) is 9.97. The molecule has 0 aromatic rings. The highest BCUT2D eigenvalue weighted by Gasteiger charge is 2.27. The monoisotopic (exact) mass is 200 g/mol. The number of hydrogen-bond donors (Lipinski definition) is 1. The van der Waals surface area contributed by atoms with Gasteiger partial charge in [0.1, 0.15) is 0 Å². The first-order chi connectivity index (χ1) is 6.55. The highest BCUT2D eigenvalue weighted by Crippen LogP contribution is 2.14. The SMILES string of the molecule is COCCC(C)N1CCNC(C)(C)C1. The second kappa shape index (κ2) is 5.10. The van der Waals surface area contributed by atoms with Crippen molar-refractivity contribution in [2.75, 3.05) is 33.4 Å². The van der Waals surface area contributed by atoms with Crippen LogP contribution in [-0.2, 0) is 4.74 Å². The lowest BCUT2D eigenvalue weighted by Gasteiger charge is -2.42. The van der Waals surface area contributed by atoms with Gasteiger partial charge in [-0.1, -0.05) is 0 Å². The molecule has 14 heavy (non-hydrogen) atoms. The Kier molecular flexibility index (Phi) is 4.35. The summed E-state index contributed by atoms with van der Waals surface area (Å²) in [6.07, 6.45) is 1.13. The summed E-state index contributed by atoms with van der Waals surface area (Å²) >= 11 is 0. The molecule has 0 aromatic heterocycles. The van der Waals surface area contributed by atoms with Gasteiger partial charge in [-0.05, 0) is 27.2 Å². The van der Waals surface area contributed by atoms with Crippen molar-refractivity contribution in [3.63, 3.8) is 0 Å². The van der Waals surface area contributed by atoms with Crippen molar-refractivity contribution < 1.29 is 4.74 Å². The fraction of sp³-hybridized carbons (Fsp3) is 1.00. The molecule has 3 nitrogen and oxygen atoms in total. The minimum Gasteiger partial charge on any atom is -0.385 e. The predicted molar refractivity (Wildman–Crippen MR) is 59.6 cm³/mol. The van der Waals surface area contributed by atoms with E-state index in [-0.39, 0.29) is 5.54 Å². The molecule has 1 fully saturated rings. The highest BCUT2D eigenvalue weighted by molar-refractivity contribution is 4.88. The molecule has 1 rings (SSSR count). The largest absolute Gasteiger partial charge is 0.385 e. The highest BCUT2D eigenvalue weighted by atomic mass is 16.5. The van der Waals surface area contributed by atoms with Crippen molar-refractivity contribution >= 4 is 0 Å². The van der Waals surface area contributed by atoms with E-state index in [0.29, 0.717) is 6.04 Å². The Balaban J connectivity index is 2.35. The van der Waals surface area contributed by atoms with Gasteiger partial charge < -0.3 is 10.1 Å². The van der Waals surface area contributed by atoms with Crippen molar-refractivity contribution in [2.24, 2.45) is 0 Å². The van der Waals surface area contributed by atoms with Gasteiger partial charge in [0.15, 0.2) is 0 Å². The van der Waals surface area contributed by atoms with E-state index in [1.54, 1.807) is 7.11 Å². The molecule has 1 unspecified atom stereocenters. The standard InChI is InChI=1S/C11H24N2O/c1-10(5-8-14-4)13-7-6-12-11(2,3)9-13/h10,12H,5-9H2,1-4H3. The van der Waals surface area contributed by atoms with E-state index in [9.17, 15) is 0 Å². The summed E-state index contributed by atoms with van der Waals surface area (Å²) in [4.78, 5) is 2.55. The van der Waals surface area contributed by atoms with Crippen LogP contribution in [0.4, 0.5) is 0 Å². The van der Waals surface area contributed by atoms with E-state index < -0.39 is 0 Å². The molecule has 1 heterocycles. The minimum absolute atomic E-state index is 0.263. The topological polar surface area (TPSA) is 24.5 Å². The maximum Gasteiger partial charge on any atom is 0.0477 e. The first-order valence-electron chi connectivity index (χ1n) is 5.53. The normalized spacial score (nSPS) is 24.9. The average molecular weight is 200 g/mol. The molecule has 1 aliphatic heterocycles. The molecule has 1 aliphatic rings. The van der Waals surface area contributed by atoms with Crippen molar-refractivity contribution in [1.82, 2.24) is 10.2 Å². The fourth-order valence-electron chi connectivity index (χ4n) is 2.03. The van der Waals surface area contributed by atoms with Crippen LogP contribution in [0.1, 0.15) is 27.2 Å². The third-order valence-electron chi connectivity index (χ3n) is 2.96. The Morgan fingerprint density at radius 1 is 1.50 bits per heavy atom. The van der Waals surface area contributed by atoms with Crippen LogP contribution < -0.4 is 5.32 Å². The molecule has 1 saturated heterocycles. The first kappa shape index (κ1) is 12.0. The van der Waals surface area contributed by atoms with Crippen LogP contribution in [-0.4, -0.2) is 49.8 Å². The van der Waals surface area contributed by atoms with Crippen molar-refractivity contribution in [3.8, 4) is 0 Å². The van der Waals surface area contributed by atoms with Crippen molar-refractivity contribution in [2.45, 2.75) is 38.8 Å². The van der Waals surface area contributed by atoms with Gasteiger partial charge in [0.05, 0.1) is 0 Å². The van der Waals surface area contributed by atoms with Crippen molar-refractivity contribution in [3.05, 3.63) is 0 Å². The van der Waals surface area contributed by atoms with E-state index in [1.807, 2.05) is 0 Å². The van der Waals surface area contributed by atoms with E-state index in [0.717, 1.165) is 32.7 Å². The van der Waals surface area contributed by atoms with Gasteiger partial charge in [-0.3, -0.25) is 4.90 Å². The van der Waals surface area contributed by atoms with Crippen molar-refractivity contribution in [1.29, 1.82) is 0 Å². The summed E-state index contributed by atoms with van der Waals surface area (Å²) in [5.74, 6) is 0. The zero-order valence-electron chi connectivity index (χ0n) is 9.97. The molecule has 0 radical (unpaired) electrons. The number of nitrogens with one attached hydrogen (secondary N) is 1. The van der Waals surface area contributed by atoms with E-state index in [2.05, 4.69) is 31.0 Å². The molecule has 84 valence electrons. The smallest absolute Gasteiger partial charge is 0.0477 e. The summed E-state index contributed by atoms with van der Waals surface area (Å²) in [5.41, 5.74) is 0.263. The van der Waals surface area contributed by atoms with Crippen LogP contribution in [0.25, 0.3) is 0 Å². The molecule has 0 bridgehead atoms. The molecule has 1 N–H and O–H groups in total. The van der Waals surface area contributed by atoms with E-state index >= 15 is 0 Å². The van der Waals surface area contributed by atoms with Crippen LogP contribution >= 0.6 is 0 Å². The van der Waals surface area contributed by atoms with Crippen LogP contribution in [0, 0.1) is 0 Å². The molecule has 0 aromatic carbocycles. The number of hydrogen-bond acceptors (Lipinski definition) is 3. The Hall–Kier alpha value is -0.120. The van der Waals surface area contributed by atoms with Crippen LogP contribution in [0.5, 0.6) is 0 Å². The summed E-state index contributed by atoms with van der Waals surface area (Å²) in [5, 5.41) is 3.53. The Labute approximate surface area is 87.8 Å². The molecule has 0 amide bonds. The lowest BCUT2D eigenvalue weighted by atomic mass is 10.0. The summed E-state index contributed by atoms with van der Waals surface area (Å²) in [6.45, 7) is 11.1. The molecule has 0 aliphatic carbocycles. The van der Waals surface area contributed by atoms with E-state index in [1.165, 1.54) is 0 Å². The average Bonchev–Trinajstić information content (AvgIpc) is 2.12. The van der Waals surface area contributed by atoms with Gasteiger partial charge in [0, 0.05) is 44.9 Å². The van der Waals surface area contributed by atoms with E-state index in [4.69, 9.17) is 4.74 Å². The lowest BCUT2D eigenvalue weighted by Crippen LogP contribution is -2.59. The number of piperazine rings is 1. The Bertz CT molecular complexity index is 171. The van der Waals surface area contributed by atoms with Gasteiger partial charge in [-0.2, -0.15) is 0 Å². The third-order valence-corrected chi connectivity index (χ3v) is 2.96. The lowest BCUT2D eigenvalue weighted by molar-refractivity contribution is 0.0908. The third kappa shape index (κ3) is 3.56. The second-order valence-corrected chi connectivity index (χ2v) is 4.91. The summed E-state index contributed by atoms with van der Waals surface area (Å²) in [7, 11) is 1.77. The Morgan fingerprint density at radius 2 is 2.21 bits per heavy atom. The fourth-order valence-corrected chi connectivity index (χ4v) is 2.03. The van der Waals surface area contributed by atoms with Gasteiger partial charge >= 0.3 is 0 Å². The molecular formula is C11H24N2O. The quantitative estimate of drug-likeness (QED) is 0.735. The van der Waals surface area contributed by atoms with Gasteiger partial charge in [0.2, 0.25) is 0 Å². The molecule has 1 atom stereocenters. The second-order valence-electron chi connectivity index (χ2n) is 4.91. The maximum atomic E-state index is 5.11. The molecule has 0 spiro atoms. The molecule has 0 saturated carbocycles. The van der Waals surface area contributed by atoms with Crippen LogP contribution in [0.2, 0.25) is 0 Å². The van der Waals surface area contributed by atoms with Crippen LogP contribution in [0.15, 0.2) is 0 Å².